The molecular formula is C25H19NO. The Morgan fingerprint density at radius 3 is 1.67 bits per heavy atom. The van der Waals surface area contributed by atoms with Crippen LogP contribution in [0.5, 0.6) is 0 Å². The van der Waals surface area contributed by atoms with Gasteiger partial charge in [-0.15, -0.1) is 0 Å². The Bertz CT molecular complexity index is 1060. The lowest BCUT2D eigenvalue weighted by atomic mass is 10.0. The second kappa shape index (κ2) is 7.71. The van der Waals surface area contributed by atoms with Crippen LogP contribution in [0.3, 0.4) is 0 Å². The Labute approximate surface area is 159 Å². The van der Waals surface area contributed by atoms with E-state index in [1.807, 2.05) is 97.1 Å². The van der Waals surface area contributed by atoms with E-state index < -0.39 is 0 Å². The maximum Gasteiger partial charge on any atom is 0.255 e. The maximum atomic E-state index is 12.7. The summed E-state index contributed by atoms with van der Waals surface area (Å²) in [5, 5.41) is 3.01. The molecule has 130 valence electrons. The molecule has 0 saturated carbocycles. The van der Waals surface area contributed by atoms with Crippen LogP contribution in [0.25, 0.3) is 22.3 Å². The van der Waals surface area contributed by atoms with Crippen molar-refractivity contribution in [2.75, 3.05) is 5.32 Å². The summed E-state index contributed by atoms with van der Waals surface area (Å²) >= 11 is 0. The third-order valence-electron chi connectivity index (χ3n) is 4.46. The highest BCUT2D eigenvalue weighted by molar-refractivity contribution is 6.05. The van der Waals surface area contributed by atoms with E-state index in [0.29, 0.717) is 5.56 Å². The molecule has 0 bridgehead atoms. The molecule has 0 aliphatic heterocycles. The first-order valence-electron chi connectivity index (χ1n) is 8.92. The molecule has 0 aromatic heterocycles. The summed E-state index contributed by atoms with van der Waals surface area (Å²) in [6.07, 6.45) is 0. The molecule has 1 amide bonds. The Morgan fingerprint density at radius 1 is 0.519 bits per heavy atom. The third kappa shape index (κ3) is 3.96. The molecule has 0 saturated heterocycles. The zero-order valence-electron chi connectivity index (χ0n) is 14.8. The summed E-state index contributed by atoms with van der Waals surface area (Å²) in [4.78, 5) is 12.7. The van der Waals surface area contributed by atoms with Crippen molar-refractivity contribution in [3.8, 4) is 22.3 Å². The van der Waals surface area contributed by atoms with E-state index in [0.717, 1.165) is 27.9 Å². The molecule has 0 aliphatic carbocycles. The summed E-state index contributed by atoms with van der Waals surface area (Å²) < 4.78 is 0. The van der Waals surface area contributed by atoms with E-state index in [9.17, 15) is 4.79 Å². The van der Waals surface area contributed by atoms with Gasteiger partial charge in [0.05, 0.1) is 0 Å². The minimum atomic E-state index is -0.113. The maximum absolute atomic E-state index is 12.7. The van der Waals surface area contributed by atoms with E-state index in [1.165, 1.54) is 0 Å². The van der Waals surface area contributed by atoms with Crippen LogP contribution in [0.15, 0.2) is 109 Å². The van der Waals surface area contributed by atoms with E-state index in [-0.39, 0.29) is 5.91 Å². The lowest BCUT2D eigenvalue weighted by molar-refractivity contribution is 0.102. The normalized spacial score (nSPS) is 10.4. The smallest absolute Gasteiger partial charge is 0.255 e. The average Bonchev–Trinajstić information content (AvgIpc) is 2.75. The van der Waals surface area contributed by atoms with Gasteiger partial charge in [-0.1, -0.05) is 84.9 Å². The quantitative estimate of drug-likeness (QED) is 0.462. The number of hydrogen-bond donors (Lipinski definition) is 1. The molecule has 0 atom stereocenters. The lowest BCUT2D eigenvalue weighted by Gasteiger charge is -2.09. The van der Waals surface area contributed by atoms with Crippen molar-refractivity contribution in [1.29, 1.82) is 0 Å². The Hall–Kier alpha value is -3.65. The number of carbonyl (C=O) groups excluding carboxylic acids is 1. The molecule has 0 aliphatic rings. The number of benzene rings is 4. The first-order chi connectivity index (χ1) is 13.3. The average molecular weight is 349 g/mol. The second-order valence-corrected chi connectivity index (χ2v) is 6.35. The molecule has 0 unspecified atom stereocenters. The fourth-order valence-electron chi connectivity index (χ4n) is 3.08. The zero-order valence-corrected chi connectivity index (χ0v) is 14.8. The van der Waals surface area contributed by atoms with Crippen LogP contribution in [0.2, 0.25) is 0 Å². The van der Waals surface area contributed by atoms with Crippen LogP contribution in [-0.4, -0.2) is 5.91 Å². The van der Waals surface area contributed by atoms with Crippen molar-refractivity contribution >= 4 is 11.6 Å². The molecule has 2 heteroatoms. The van der Waals surface area contributed by atoms with Gasteiger partial charge in [-0.25, -0.2) is 0 Å². The van der Waals surface area contributed by atoms with E-state index in [2.05, 4.69) is 17.4 Å². The second-order valence-electron chi connectivity index (χ2n) is 6.35. The highest BCUT2D eigenvalue weighted by Crippen LogP contribution is 2.24. The molecule has 0 heterocycles. The molecule has 27 heavy (non-hydrogen) atoms. The molecule has 0 radical (unpaired) electrons. The number of anilines is 1. The Morgan fingerprint density at radius 2 is 1.04 bits per heavy atom. The molecule has 0 fully saturated rings. The minimum absolute atomic E-state index is 0.113. The van der Waals surface area contributed by atoms with Gasteiger partial charge in [0.1, 0.15) is 0 Å². The van der Waals surface area contributed by atoms with Crippen molar-refractivity contribution < 1.29 is 4.79 Å². The van der Waals surface area contributed by atoms with Gasteiger partial charge in [-0.2, -0.15) is 0 Å². The van der Waals surface area contributed by atoms with Crippen molar-refractivity contribution in [3.05, 3.63) is 115 Å². The summed E-state index contributed by atoms with van der Waals surface area (Å²) in [7, 11) is 0. The monoisotopic (exact) mass is 349 g/mol. The fraction of sp³-hybridized carbons (Fsp3) is 0. The number of hydrogen-bond acceptors (Lipinski definition) is 1. The third-order valence-corrected chi connectivity index (χ3v) is 4.46. The first-order valence-corrected chi connectivity index (χ1v) is 8.92. The van der Waals surface area contributed by atoms with Gasteiger partial charge in [-0.3, -0.25) is 4.79 Å². The largest absolute Gasteiger partial charge is 0.322 e. The molecule has 4 aromatic carbocycles. The van der Waals surface area contributed by atoms with Crippen LogP contribution in [0.1, 0.15) is 10.4 Å². The van der Waals surface area contributed by atoms with Crippen molar-refractivity contribution in [1.82, 2.24) is 0 Å². The van der Waals surface area contributed by atoms with Crippen LogP contribution in [0, 0.1) is 0 Å². The predicted octanol–water partition coefficient (Wildman–Crippen LogP) is 6.27. The minimum Gasteiger partial charge on any atom is -0.322 e. The zero-order chi connectivity index (χ0) is 18.5. The summed E-state index contributed by atoms with van der Waals surface area (Å²) in [5.74, 6) is -0.113. The van der Waals surface area contributed by atoms with Gasteiger partial charge in [-0.05, 0) is 46.5 Å². The Balaban J connectivity index is 1.57. The lowest BCUT2D eigenvalue weighted by Crippen LogP contribution is -2.11. The topological polar surface area (TPSA) is 29.1 Å². The van der Waals surface area contributed by atoms with Gasteiger partial charge in [0.2, 0.25) is 0 Å². The molecular weight excluding hydrogens is 330 g/mol. The fourth-order valence-corrected chi connectivity index (χ4v) is 3.08. The molecule has 4 rings (SSSR count). The van der Waals surface area contributed by atoms with Crippen LogP contribution >= 0.6 is 0 Å². The van der Waals surface area contributed by atoms with Gasteiger partial charge in [0.25, 0.3) is 5.91 Å². The summed E-state index contributed by atoms with van der Waals surface area (Å²) in [5.41, 5.74) is 5.75. The highest BCUT2D eigenvalue weighted by Gasteiger charge is 2.08. The first kappa shape index (κ1) is 16.8. The summed E-state index contributed by atoms with van der Waals surface area (Å²) in [6, 6.07) is 35.8. The van der Waals surface area contributed by atoms with E-state index in [1.54, 1.807) is 0 Å². The van der Waals surface area contributed by atoms with Gasteiger partial charge in [0, 0.05) is 11.3 Å². The number of amides is 1. The van der Waals surface area contributed by atoms with Gasteiger partial charge < -0.3 is 5.32 Å². The van der Waals surface area contributed by atoms with Crippen LogP contribution in [0.4, 0.5) is 5.69 Å². The standard InChI is InChI=1S/C25H19NO/c27-25(23-15-7-13-21(17-23)19-9-3-1-4-10-19)26-24-16-8-14-22(18-24)20-11-5-2-6-12-20/h1-18H,(H,26,27). The van der Waals surface area contributed by atoms with Gasteiger partial charge >= 0.3 is 0 Å². The molecule has 4 aromatic rings. The number of nitrogens with one attached hydrogen (secondary N) is 1. The van der Waals surface area contributed by atoms with E-state index >= 15 is 0 Å². The van der Waals surface area contributed by atoms with Crippen molar-refractivity contribution in [3.63, 3.8) is 0 Å². The molecule has 1 N–H and O–H groups in total. The Kier molecular flexibility index (Phi) is 4.80. The molecule has 2 nitrogen and oxygen atoms in total. The van der Waals surface area contributed by atoms with Crippen LogP contribution < -0.4 is 5.32 Å². The summed E-state index contributed by atoms with van der Waals surface area (Å²) in [6.45, 7) is 0. The van der Waals surface area contributed by atoms with E-state index in [4.69, 9.17) is 0 Å². The number of rotatable bonds is 4. The van der Waals surface area contributed by atoms with Gasteiger partial charge in [0.15, 0.2) is 0 Å². The van der Waals surface area contributed by atoms with Crippen molar-refractivity contribution in [2.24, 2.45) is 0 Å². The SMILES string of the molecule is O=C(Nc1cccc(-c2ccccc2)c1)c1cccc(-c2ccccc2)c1. The van der Waals surface area contributed by atoms with Crippen molar-refractivity contribution in [2.45, 2.75) is 0 Å². The predicted molar refractivity (Wildman–Crippen MR) is 112 cm³/mol. The highest BCUT2D eigenvalue weighted by atomic mass is 16.1. The number of carbonyl (C=O) groups is 1. The van der Waals surface area contributed by atoms with Crippen LogP contribution in [-0.2, 0) is 0 Å². The molecule has 0 spiro atoms.